The molecule has 158 valence electrons. The molecule has 28 heavy (non-hydrogen) atoms. The van der Waals surface area contributed by atoms with Gasteiger partial charge in [-0.25, -0.2) is 0 Å². The molecule has 0 fully saturated rings. The van der Waals surface area contributed by atoms with E-state index in [9.17, 15) is 0 Å². The molecule has 0 nitrogen and oxygen atoms in total. The highest BCUT2D eigenvalue weighted by atomic mass is 14.3. The van der Waals surface area contributed by atoms with E-state index in [1.165, 1.54) is 55.2 Å². The Balaban J connectivity index is 3.02. The quantitative estimate of drug-likeness (QED) is 0.316. The Hall–Kier alpha value is -1.30. The predicted octanol–water partition coefficient (Wildman–Crippen LogP) is 9.20. The summed E-state index contributed by atoms with van der Waals surface area (Å²) in [5.74, 6) is 0. The molecule has 0 atom stereocenters. The Bertz CT molecular complexity index is 602. The van der Waals surface area contributed by atoms with Gasteiger partial charge in [-0.1, -0.05) is 96.0 Å². The van der Waals surface area contributed by atoms with Crippen LogP contribution >= 0.6 is 0 Å². The van der Waals surface area contributed by atoms with Crippen LogP contribution in [0.5, 0.6) is 0 Å². The third-order valence-corrected chi connectivity index (χ3v) is 7.92. The van der Waals surface area contributed by atoms with E-state index >= 15 is 0 Å². The van der Waals surface area contributed by atoms with Crippen LogP contribution in [0, 0.1) is 5.41 Å². The van der Waals surface area contributed by atoms with Crippen LogP contribution in [0.3, 0.4) is 0 Å². The molecule has 0 unspecified atom stereocenters. The molecule has 0 radical (unpaired) electrons. The fourth-order valence-electron chi connectivity index (χ4n) is 4.91. The Morgan fingerprint density at radius 1 is 0.714 bits per heavy atom. The first-order valence-corrected chi connectivity index (χ1v) is 11.9. The van der Waals surface area contributed by atoms with E-state index in [4.69, 9.17) is 0 Å². The van der Waals surface area contributed by atoms with E-state index in [2.05, 4.69) is 91.8 Å². The minimum absolute atomic E-state index is 0.353. The molecule has 0 heterocycles. The molecule has 1 rings (SSSR count). The van der Waals surface area contributed by atoms with Crippen molar-refractivity contribution < 1.29 is 0 Å². The lowest BCUT2D eigenvalue weighted by Crippen LogP contribution is -2.23. The summed E-state index contributed by atoms with van der Waals surface area (Å²) in [7, 11) is 0. The molecule has 0 aromatic heterocycles. The van der Waals surface area contributed by atoms with Gasteiger partial charge in [-0.05, 0) is 80.2 Å². The summed E-state index contributed by atoms with van der Waals surface area (Å²) in [5, 5.41) is 0. The Morgan fingerprint density at radius 3 is 1.61 bits per heavy atom. The third-order valence-electron chi connectivity index (χ3n) is 7.92. The van der Waals surface area contributed by atoms with Crippen molar-refractivity contribution >= 4 is 0 Å². The average molecular weight is 383 g/mol. The lowest BCUT2D eigenvalue weighted by molar-refractivity contribution is 0.314. The molecule has 0 aliphatic carbocycles. The van der Waals surface area contributed by atoms with E-state index in [-0.39, 0.29) is 0 Å². The Labute approximate surface area is 176 Å². The van der Waals surface area contributed by atoms with Crippen LogP contribution in [0.2, 0.25) is 0 Å². The van der Waals surface area contributed by atoms with Crippen molar-refractivity contribution in [1.82, 2.24) is 0 Å². The zero-order valence-corrected chi connectivity index (χ0v) is 20.1. The van der Waals surface area contributed by atoms with E-state index in [1.54, 1.807) is 5.57 Å². The van der Waals surface area contributed by atoms with Crippen LogP contribution in [0.15, 0.2) is 47.6 Å². The molecule has 0 N–H and O–H groups in total. The monoisotopic (exact) mass is 382 g/mol. The molecule has 0 saturated heterocycles. The normalized spacial score (nSPS) is 13.9. The van der Waals surface area contributed by atoms with Crippen LogP contribution in [-0.4, -0.2) is 0 Å². The molecule has 0 saturated carbocycles. The molecule has 0 aliphatic rings. The van der Waals surface area contributed by atoms with Gasteiger partial charge in [0.25, 0.3) is 0 Å². The number of allylic oxidation sites excluding steroid dienone is 4. The maximum Gasteiger partial charge on any atom is -0.00548 e. The zero-order chi connectivity index (χ0) is 21.2. The summed E-state index contributed by atoms with van der Waals surface area (Å²) < 4.78 is 0. The van der Waals surface area contributed by atoms with Crippen molar-refractivity contribution in [3.8, 4) is 0 Å². The van der Waals surface area contributed by atoms with Crippen molar-refractivity contribution in [2.24, 2.45) is 5.41 Å². The highest BCUT2D eigenvalue weighted by Crippen LogP contribution is 2.38. The predicted molar refractivity (Wildman–Crippen MR) is 128 cm³/mol. The largest absolute Gasteiger partial charge is 0.0672 e. The van der Waals surface area contributed by atoms with Crippen LogP contribution < -0.4 is 0 Å². The fourth-order valence-corrected chi connectivity index (χ4v) is 4.91. The van der Waals surface area contributed by atoms with E-state index in [0.717, 1.165) is 12.8 Å². The maximum atomic E-state index is 2.40. The summed E-state index contributed by atoms with van der Waals surface area (Å²) in [6, 6.07) is 9.49. The Morgan fingerprint density at radius 2 is 1.21 bits per heavy atom. The number of benzene rings is 1. The van der Waals surface area contributed by atoms with Crippen LogP contribution in [0.25, 0.3) is 0 Å². The number of rotatable bonds is 12. The second-order valence-corrected chi connectivity index (χ2v) is 8.58. The van der Waals surface area contributed by atoms with Crippen molar-refractivity contribution in [1.29, 1.82) is 0 Å². The lowest BCUT2D eigenvalue weighted by atomic mass is 9.73. The van der Waals surface area contributed by atoms with E-state index in [0.29, 0.717) is 10.8 Å². The first-order chi connectivity index (χ1) is 13.4. The first kappa shape index (κ1) is 24.7. The maximum absolute atomic E-state index is 2.40. The summed E-state index contributed by atoms with van der Waals surface area (Å²) in [4.78, 5) is 0. The molecular formula is C28H46. The zero-order valence-electron chi connectivity index (χ0n) is 20.1. The average Bonchev–Trinajstić information content (AvgIpc) is 2.75. The second-order valence-electron chi connectivity index (χ2n) is 8.58. The van der Waals surface area contributed by atoms with Crippen molar-refractivity contribution in [2.75, 3.05) is 0 Å². The van der Waals surface area contributed by atoms with Gasteiger partial charge in [0, 0.05) is 0 Å². The van der Waals surface area contributed by atoms with E-state index in [1.807, 2.05) is 0 Å². The standard InChI is InChI=1S/C28H46/c1-9-24(17-16-23(8)27(10-2,11-3)12-4)22-25-18-20-26(21-19-25)28(13-5,14-6)15-7/h16-21H,9-15,22H2,1-8H3/b23-16+,24-17+. The summed E-state index contributed by atoms with van der Waals surface area (Å²) in [5.41, 5.74) is 6.75. The van der Waals surface area contributed by atoms with Crippen molar-refractivity contribution in [3.05, 3.63) is 58.7 Å². The molecular weight excluding hydrogens is 336 g/mol. The highest BCUT2D eigenvalue weighted by molar-refractivity contribution is 5.32. The highest BCUT2D eigenvalue weighted by Gasteiger charge is 2.26. The van der Waals surface area contributed by atoms with Gasteiger partial charge in [0.1, 0.15) is 0 Å². The van der Waals surface area contributed by atoms with Gasteiger partial charge in [-0.3, -0.25) is 0 Å². The van der Waals surface area contributed by atoms with Gasteiger partial charge >= 0.3 is 0 Å². The van der Waals surface area contributed by atoms with Gasteiger partial charge in [-0.2, -0.15) is 0 Å². The molecule has 0 bridgehead atoms. The SMILES string of the molecule is CC/C(=C\C=C(/C)C(CC)(CC)CC)Cc1ccc(C(CC)(CC)CC)cc1. The number of hydrogen-bond donors (Lipinski definition) is 0. The Kier molecular flexibility index (Phi) is 10.3. The summed E-state index contributed by atoms with van der Waals surface area (Å²) in [6.45, 7) is 18.6. The van der Waals surface area contributed by atoms with Gasteiger partial charge in [0.15, 0.2) is 0 Å². The van der Waals surface area contributed by atoms with Gasteiger partial charge in [0.05, 0.1) is 0 Å². The second kappa shape index (κ2) is 11.6. The molecule has 0 amide bonds. The lowest BCUT2D eigenvalue weighted by Gasteiger charge is -2.31. The minimum atomic E-state index is 0.353. The molecule has 0 spiro atoms. The fraction of sp³-hybridized carbons (Fsp3) is 0.643. The first-order valence-electron chi connectivity index (χ1n) is 11.9. The van der Waals surface area contributed by atoms with E-state index < -0.39 is 0 Å². The van der Waals surface area contributed by atoms with Gasteiger partial charge in [-0.15, -0.1) is 0 Å². The summed E-state index contributed by atoms with van der Waals surface area (Å²) in [6.07, 6.45) is 14.3. The van der Waals surface area contributed by atoms with Crippen molar-refractivity contribution in [3.63, 3.8) is 0 Å². The molecule has 1 aromatic carbocycles. The molecule has 0 heteroatoms. The third kappa shape index (κ3) is 5.62. The summed E-state index contributed by atoms with van der Waals surface area (Å²) >= 11 is 0. The topological polar surface area (TPSA) is 0 Å². The van der Waals surface area contributed by atoms with Crippen LogP contribution in [-0.2, 0) is 11.8 Å². The van der Waals surface area contributed by atoms with Gasteiger partial charge < -0.3 is 0 Å². The smallest absolute Gasteiger partial charge is 0.00548 e. The minimum Gasteiger partial charge on any atom is -0.0672 e. The van der Waals surface area contributed by atoms with Crippen LogP contribution in [0.1, 0.15) is 111 Å². The molecule has 1 aromatic rings. The van der Waals surface area contributed by atoms with Gasteiger partial charge in [0.2, 0.25) is 0 Å². The van der Waals surface area contributed by atoms with Crippen LogP contribution in [0.4, 0.5) is 0 Å². The van der Waals surface area contributed by atoms with Crippen molar-refractivity contribution in [2.45, 2.75) is 112 Å². The number of hydrogen-bond acceptors (Lipinski definition) is 0. The molecule has 0 aliphatic heterocycles.